The fraction of sp³-hybridized carbons (Fsp3) is 0.258. The lowest BCUT2D eigenvalue weighted by Crippen LogP contribution is -2.31. The molecule has 0 atom stereocenters. The topological polar surface area (TPSA) is 25.9 Å². The van der Waals surface area contributed by atoms with Crippen LogP contribution in [0.4, 0.5) is 34.3 Å². The van der Waals surface area contributed by atoms with E-state index in [9.17, 15) is 0 Å². The van der Waals surface area contributed by atoms with Crippen LogP contribution in [-0.2, 0) is 0 Å². The Morgan fingerprint density at radius 1 is 0.611 bits per heavy atom. The third-order valence-electron chi connectivity index (χ3n) is 7.23. The second kappa shape index (κ2) is 9.57. The maximum atomic E-state index is 4.73. The minimum atomic E-state index is 0.851. The van der Waals surface area contributed by atoms with Crippen molar-refractivity contribution in [2.75, 3.05) is 46.0 Å². The molecule has 0 saturated heterocycles. The lowest BCUT2D eigenvalue weighted by atomic mass is 10.2. The van der Waals surface area contributed by atoms with Crippen molar-refractivity contribution in [2.45, 2.75) is 26.7 Å². The van der Waals surface area contributed by atoms with Gasteiger partial charge in [-0.15, -0.1) is 0 Å². The molecule has 5 heteroatoms. The Kier molecular flexibility index (Phi) is 5.98. The Labute approximate surface area is 214 Å². The molecule has 0 bridgehead atoms. The molecule has 0 spiro atoms. The van der Waals surface area contributed by atoms with E-state index in [1.165, 1.54) is 39.6 Å². The van der Waals surface area contributed by atoms with Crippen LogP contribution >= 0.6 is 0 Å². The van der Waals surface area contributed by atoms with E-state index in [1.54, 1.807) is 0 Å². The number of pyridine rings is 1. The Morgan fingerprint density at radius 3 is 1.89 bits per heavy atom. The molecule has 0 unspecified atom stereocenters. The Balaban J connectivity index is 1.11. The number of hydrogen-bond acceptors (Lipinski definition) is 5. The van der Waals surface area contributed by atoms with Gasteiger partial charge in [-0.05, 0) is 86.3 Å². The first-order valence-electron chi connectivity index (χ1n) is 12.9. The summed E-state index contributed by atoms with van der Waals surface area (Å²) in [5.74, 6) is 1.06. The van der Waals surface area contributed by atoms with Crippen LogP contribution in [-0.4, -0.2) is 31.4 Å². The first kappa shape index (κ1) is 22.5. The minimum absolute atomic E-state index is 0.851. The number of hydrogen-bond donors (Lipinski definition) is 0. The molecule has 0 radical (unpaired) electrons. The van der Waals surface area contributed by atoms with Crippen molar-refractivity contribution >= 4 is 34.3 Å². The molecule has 3 heterocycles. The lowest BCUT2D eigenvalue weighted by Gasteiger charge is -2.24. The molecule has 0 amide bonds. The summed E-state index contributed by atoms with van der Waals surface area (Å²) >= 11 is 0. The quantitative estimate of drug-likeness (QED) is 0.268. The van der Waals surface area contributed by atoms with Crippen molar-refractivity contribution < 1.29 is 0 Å². The normalized spacial score (nSPS) is 14.4. The highest BCUT2D eigenvalue weighted by molar-refractivity contribution is 5.82. The van der Waals surface area contributed by atoms with Gasteiger partial charge in [0.1, 0.15) is 0 Å². The molecule has 1 aromatic heterocycles. The van der Waals surface area contributed by atoms with E-state index in [1.807, 2.05) is 12.3 Å². The number of para-hydroxylation sites is 2. The fourth-order valence-corrected chi connectivity index (χ4v) is 5.44. The van der Waals surface area contributed by atoms with Crippen LogP contribution in [0, 0.1) is 13.8 Å². The van der Waals surface area contributed by atoms with Crippen LogP contribution in [0.15, 0.2) is 91.1 Å². The van der Waals surface area contributed by atoms with E-state index in [2.05, 4.69) is 112 Å². The third kappa shape index (κ3) is 4.26. The zero-order chi connectivity index (χ0) is 24.5. The largest absolute Gasteiger partial charge is 0.352 e. The van der Waals surface area contributed by atoms with Gasteiger partial charge < -0.3 is 19.6 Å². The van der Waals surface area contributed by atoms with E-state index in [4.69, 9.17) is 4.98 Å². The molecule has 182 valence electrons. The first-order chi connectivity index (χ1) is 17.7. The minimum Gasteiger partial charge on any atom is -0.352 e. The fourth-order valence-electron chi connectivity index (χ4n) is 5.44. The van der Waals surface area contributed by atoms with Gasteiger partial charge in [0.05, 0.1) is 30.4 Å². The molecule has 6 rings (SSSR count). The van der Waals surface area contributed by atoms with E-state index >= 15 is 0 Å². The number of anilines is 6. The Bertz CT molecular complexity index is 1260. The van der Waals surface area contributed by atoms with E-state index < -0.39 is 0 Å². The van der Waals surface area contributed by atoms with E-state index in [-0.39, 0.29) is 0 Å². The molecule has 2 aliphatic heterocycles. The monoisotopic (exact) mass is 475 g/mol. The van der Waals surface area contributed by atoms with Crippen molar-refractivity contribution in [1.29, 1.82) is 0 Å². The van der Waals surface area contributed by atoms with Crippen LogP contribution in [0.2, 0.25) is 0 Å². The van der Waals surface area contributed by atoms with Crippen LogP contribution in [0.25, 0.3) is 0 Å². The predicted molar refractivity (Wildman–Crippen MR) is 151 cm³/mol. The molecule has 0 saturated carbocycles. The van der Waals surface area contributed by atoms with Crippen molar-refractivity contribution in [3.8, 4) is 0 Å². The van der Waals surface area contributed by atoms with E-state index in [0.29, 0.717) is 0 Å². The molecule has 0 fully saturated rings. The number of benzene rings is 3. The summed E-state index contributed by atoms with van der Waals surface area (Å²) < 4.78 is 0. The highest BCUT2D eigenvalue weighted by Gasteiger charge is 2.29. The van der Waals surface area contributed by atoms with Gasteiger partial charge in [0.2, 0.25) is 0 Å². The predicted octanol–water partition coefficient (Wildman–Crippen LogP) is 7.01. The van der Waals surface area contributed by atoms with Crippen LogP contribution in [0.5, 0.6) is 0 Å². The second-order valence-electron chi connectivity index (χ2n) is 9.89. The van der Waals surface area contributed by atoms with Crippen LogP contribution in [0.1, 0.15) is 24.0 Å². The van der Waals surface area contributed by atoms with Crippen LogP contribution in [0.3, 0.4) is 0 Å². The highest BCUT2D eigenvalue weighted by atomic mass is 15.4. The third-order valence-corrected chi connectivity index (χ3v) is 7.23. The highest BCUT2D eigenvalue weighted by Crippen LogP contribution is 2.41. The Morgan fingerprint density at radius 2 is 1.19 bits per heavy atom. The summed E-state index contributed by atoms with van der Waals surface area (Å²) in [5, 5.41) is 0. The molecule has 5 nitrogen and oxygen atoms in total. The zero-order valence-electron chi connectivity index (χ0n) is 21.1. The standard InChI is InChI=1S/C31H33N5/c1-24-10-7-12-26(20-24)35-22-33(28-14-3-4-15-29(28)35)18-5-6-19-34-23-36(27-13-8-11-25(2)21-27)31-30(34)16-9-17-32-31/h3-4,7-17,20-21H,5-6,18-19,22-23H2,1-2H3. The number of rotatable bonds is 7. The van der Waals surface area contributed by atoms with Gasteiger partial charge in [-0.1, -0.05) is 36.4 Å². The van der Waals surface area contributed by atoms with Crippen molar-refractivity contribution in [2.24, 2.45) is 0 Å². The average molecular weight is 476 g/mol. The SMILES string of the molecule is Cc1cccc(N2CN(CCCCN3CN(c4cccc(C)c4)c4ncccc43)c3ccccc32)c1. The van der Waals surface area contributed by atoms with Gasteiger partial charge >= 0.3 is 0 Å². The molecular formula is C31H33N5. The smallest absolute Gasteiger partial charge is 0.158 e. The number of nitrogens with zero attached hydrogens (tertiary/aromatic N) is 5. The summed E-state index contributed by atoms with van der Waals surface area (Å²) in [6.07, 6.45) is 4.18. The Hall–Kier alpha value is -3.99. The van der Waals surface area contributed by atoms with Crippen LogP contribution < -0.4 is 19.6 Å². The second-order valence-corrected chi connectivity index (χ2v) is 9.89. The van der Waals surface area contributed by atoms with Crippen molar-refractivity contribution in [3.63, 3.8) is 0 Å². The summed E-state index contributed by atoms with van der Waals surface area (Å²) in [6, 6.07) is 30.5. The molecule has 2 aliphatic rings. The van der Waals surface area contributed by atoms with Crippen molar-refractivity contribution in [1.82, 2.24) is 4.98 Å². The number of fused-ring (bicyclic) bond motifs is 2. The van der Waals surface area contributed by atoms with Gasteiger partial charge in [0.15, 0.2) is 5.82 Å². The van der Waals surface area contributed by atoms with Gasteiger partial charge in [-0.2, -0.15) is 0 Å². The molecule has 3 aromatic carbocycles. The lowest BCUT2D eigenvalue weighted by molar-refractivity contribution is 0.678. The number of aryl methyl sites for hydroxylation is 2. The summed E-state index contributed by atoms with van der Waals surface area (Å²) in [5.41, 5.74) is 8.91. The molecular weight excluding hydrogens is 442 g/mol. The zero-order valence-corrected chi connectivity index (χ0v) is 21.1. The summed E-state index contributed by atoms with van der Waals surface area (Å²) in [7, 11) is 0. The maximum absolute atomic E-state index is 4.73. The molecule has 36 heavy (non-hydrogen) atoms. The summed E-state index contributed by atoms with van der Waals surface area (Å²) in [4.78, 5) is 14.5. The van der Waals surface area contributed by atoms with Gasteiger partial charge in [0, 0.05) is 30.7 Å². The average Bonchev–Trinajstić information content (AvgIpc) is 3.46. The first-order valence-corrected chi connectivity index (χ1v) is 12.9. The number of unbranched alkanes of at least 4 members (excludes halogenated alkanes) is 1. The van der Waals surface area contributed by atoms with Gasteiger partial charge in [0.25, 0.3) is 0 Å². The van der Waals surface area contributed by atoms with Gasteiger partial charge in [-0.3, -0.25) is 0 Å². The van der Waals surface area contributed by atoms with E-state index in [0.717, 1.165) is 45.1 Å². The summed E-state index contributed by atoms with van der Waals surface area (Å²) in [6.45, 7) is 8.14. The molecule has 0 aliphatic carbocycles. The maximum Gasteiger partial charge on any atom is 0.158 e. The number of aromatic nitrogens is 1. The van der Waals surface area contributed by atoms with Gasteiger partial charge in [-0.25, -0.2) is 4.98 Å². The van der Waals surface area contributed by atoms with Crippen molar-refractivity contribution in [3.05, 3.63) is 102 Å². The molecule has 0 N–H and O–H groups in total. The molecule has 4 aromatic rings.